The number of hydrogen-bond donors (Lipinski definition) is 3. The van der Waals surface area contributed by atoms with Gasteiger partial charge in [-0.05, 0) is 52.8 Å². The monoisotopic (exact) mass is 519 g/mol. The number of benzene rings is 1. The number of carbonyl (C=O) groups excluding carboxylic acids is 1. The highest BCUT2D eigenvalue weighted by atomic mass is 127. The molecule has 166 valence electrons. The molecule has 0 radical (unpaired) electrons. The number of carbonyl (C=O) groups is 1. The van der Waals surface area contributed by atoms with Crippen LogP contribution in [0.4, 0.5) is 4.79 Å². The first-order valence-corrected chi connectivity index (χ1v) is 9.80. The molecular weight excluding hydrogens is 481 g/mol. The van der Waals surface area contributed by atoms with Crippen molar-refractivity contribution in [3.05, 3.63) is 35.4 Å². The summed E-state index contributed by atoms with van der Waals surface area (Å²) in [6, 6.07) is 8.91. The summed E-state index contributed by atoms with van der Waals surface area (Å²) in [6.07, 6.45) is -0.416. The van der Waals surface area contributed by atoms with Gasteiger partial charge in [-0.3, -0.25) is 9.89 Å². The van der Waals surface area contributed by atoms with Gasteiger partial charge >= 0.3 is 6.09 Å². The lowest BCUT2D eigenvalue weighted by Gasteiger charge is -2.23. The van der Waals surface area contributed by atoms with E-state index < -0.39 is 11.7 Å². The molecule has 1 aromatic carbocycles. The van der Waals surface area contributed by atoms with Crippen molar-refractivity contribution in [3.8, 4) is 0 Å². The van der Waals surface area contributed by atoms with E-state index in [2.05, 4.69) is 71.0 Å². The van der Waals surface area contributed by atoms with Gasteiger partial charge in [0.2, 0.25) is 0 Å². The quantitative estimate of drug-likeness (QED) is 0.213. The molecule has 1 rings (SSSR count). The summed E-state index contributed by atoms with van der Waals surface area (Å²) in [7, 11) is 3.86. The third-order valence-corrected chi connectivity index (χ3v) is 4.18. The summed E-state index contributed by atoms with van der Waals surface area (Å²) >= 11 is 0. The molecule has 1 amide bonds. The maximum atomic E-state index is 11.6. The van der Waals surface area contributed by atoms with Crippen LogP contribution < -0.4 is 16.0 Å². The summed E-state index contributed by atoms with van der Waals surface area (Å²) in [6.45, 7) is 12.5. The van der Waals surface area contributed by atoms with E-state index in [1.54, 1.807) is 7.05 Å². The third-order valence-electron chi connectivity index (χ3n) is 4.18. The molecule has 0 unspecified atom stereocenters. The van der Waals surface area contributed by atoms with E-state index in [4.69, 9.17) is 4.74 Å². The van der Waals surface area contributed by atoms with Crippen LogP contribution in [0.5, 0.6) is 0 Å². The molecule has 0 fully saturated rings. The molecule has 3 N–H and O–H groups in total. The number of nitrogens with one attached hydrogen (secondary N) is 3. The summed E-state index contributed by atoms with van der Waals surface area (Å²) in [5.74, 6) is 0.693. The molecule has 0 heterocycles. The molecule has 0 bridgehead atoms. The van der Waals surface area contributed by atoms with Crippen LogP contribution in [-0.4, -0.2) is 55.8 Å². The third kappa shape index (κ3) is 11.9. The van der Waals surface area contributed by atoms with Crippen molar-refractivity contribution in [1.82, 2.24) is 20.9 Å². The Balaban J connectivity index is 0.00000784. The predicted molar refractivity (Wildman–Crippen MR) is 131 cm³/mol. The number of alkyl carbamates (subject to hydrolysis) is 1. The van der Waals surface area contributed by atoms with Crippen LogP contribution in [0.15, 0.2) is 29.3 Å². The number of ether oxygens (including phenoxy) is 1. The molecular formula is C21H38IN5O2. The van der Waals surface area contributed by atoms with Gasteiger partial charge in [-0.1, -0.05) is 24.3 Å². The van der Waals surface area contributed by atoms with Crippen molar-refractivity contribution in [1.29, 1.82) is 0 Å². The van der Waals surface area contributed by atoms with E-state index in [0.29, 0.717) is 31.6 Å². The topological polar surface area (TPSA) is 78.0 Å². The Labute approximate surface area is 193 Å². The molecule has 0 aliphatic heterocycles. The van der Waals surface area contributed by atoms with Gasteiger partial charge in [-0.2, -0.15) is 0 Å². The molecule has 0 aliphatic rings. The maximum absolute atomic E-state index is 11.6. The highest BCUT2D eigenvalue weighted by Crippen LogP contribution is 2.12. The van der Waals surface area contributed by atoms with Crippen LogP contribution in [0.2, 0.25) is 0 Å². The first-order valence-electron chi connectivity index (χ1n) is 9.80. The van der Waals surface area contributed by atoms with Gasteiger partial charge in [0.05, 0.1) is 0 Å². The lowest BCUT2D eigenvalue weighted by Crippen LogP contribution is -2.42. The molecule has 1 aromatic rings. The van der Waals surface area contributed by atoms with Gasteiger partial charge < -0.3 is 20.7 Å². The maximum Gasteiger partial charge on any atom is 0.407 e. The largest absolute Gasteiger partial charge is 0.444 e. The van der Waals surface area contributed by atoms with E-state index in [-0.39, 0.29) is 24.0 Å². The molecule has 0 saturated carbocycles. The van der Waals surface area contributed by atoms with Crippen molar-refractivity contribution in [2.45, 2.75) is 59.4 Å². The smallest absolute Gasteiger partial charge is 0.407 e. The predicted octanol–water partition coefficient (Wildman–Crippen LogP) is 3.33. The zero-order valence-corrected chi connectivity index (χ0v) is 21.2. The number of hydrogen-bond acceptors (Lipinski definition) is 4. The van der Waals surface area contributed by atoms with E-state index in [0.717, 1.165) is 6.54 Å². The lowest BCUT2D eigenvalue weighted by atomic mass is 10.1. The Morgan fingerprint density at radius 1 is 1.10 bits per heavy atom. The van der Waals surface area contributed by atoms with Crippen LogP contribution >= 0.6 is 24.0 Å². The second-order valence-corrected chi connectivity index (χ2v) is 8.06. The van der Waals surface area contributed by atoms with Gasteiger partial charge in [-0.25, -0.2) is 4.79 Å². The summed E-state index contributed by atoms with van der Waals surface area (Å²) in [4.78, 5) is 18.2. The van der Waals surface area contributed by atoms with E-state index in [1.807, 2.05) is 20.8 Å². The lowest BCUT2D eigenvalue weighted by molar-refractivity contribution is 0.0529. The second kappa shape index (κ2) is 13.6. The average Bonchev–Trinajstić information content (AvgIpc) is 2.60. The van der Waals surface area contributed by atoms with Gasteiger partial charge in [0.25, 0.3) is 0 Å². The fraction of sp³-hybridized carbons (Fsp3) is 0.619. The minimum atomic E-state index is -0.494. The van der Waals surface area contributed by atoms with Gasteiger partial charge in [0.15, 0.2) is 5.96 Å². The first kappa shape index (κ1) is 27.5. The Bertz CT molecular complexity index is 644. The van der Waals surface area contributed by atoms with Crippen molar-refractivity contribution in [3.63, 3.8) is 0 Å². The van der Waals surface area contributed by atoms with E-state index in [1.165, 1.54) is 11.1 Å². The summed E-state index contributed by atoms with van der Waals surface area (Å²) in [5.41, 5.74) is 2.05. The van der Waals surface area contributed by atoms with Gasteiger partial charge in [-0.15, -0.1) is 24.0 Å². The van der Waals surface area contributed by atoms with E-state index >= 15 is 0 Å². The van der Waals surface area contributed by atoms with Crippen LogP contribution in [0, 0.1) is 0 Å². The van der Waals surface area contributed by atoms with E-state index in [9.17, 15) is 4.79 Å². The summed E-state index contributed by atoms with van der Waals surface area (Å²) in [5, 5.41) is 9.25. The van der Waals surface area contributed by atoms with Crippen LogP contribution in [0.25, 0.3) is 0 Å². The Hall–Kier alpha value is -1.55. The summed E-state index contributed by atoms with van der Waals surface area (Å²) < 4.78 is 5.21. The first-order chi connectivity index (χ1) is 13.1. The molecule has 0 atom stereocenters. The van der Waals surface area contributed by atoms with Crippen LogP contribution in [-0.2, 0) is 17.8 Å². The SMILES string of the molecule is CN=C(NCCNC(=O)OC(C)(C)C)NCc1ccccc1CN(C)C(C)C.I. The van der Waals surface area contributed by atoms with Crippen molar-refractivity contribution < 1.29 is 9.53 Å². The molecule has 0 saturated heterocycles. The fourth-order valence-corrected chi connectivity index (χ4v) is 2.39. The second-order valence-electron chi connectivity index (χ2n) is 8.06. The van der Waals surface area contributed by atoms with Crippen molar-refractivity contribution >= 4 is 36.0 Å². The van der Waals surface area contributed by atoms with Gasteiger partial charge in [0.1, 0.15) is 5.60 Å². The zero-order chi connectivity index (χ0) is 21.2. The normalized spacial score (nSPS) is 11.8. The van der Waals surface area contributed by atoms with Crippen LogP contribution in [0.1, 0.15) is 45.7 Å². The fourth-order valence-electron chi connectivity index (χ4n) is 2.39. The minimum Gasteiger partial charge on any atom is -0.444 e. The number of halogens is 1. The Kier molecular flexibility index (Phi) is 12.9. The highest BCUT2D eigenvalue weighted by molar-refractivity contribution is 14.0. The van der Waals surface area contributed by atoms with Gasteiger partial charge in [0, 0.05) is 39.3 Å². The minimum absolute atomic E-state index is 0. The number of guanidine groups is 1. The molecule has 7 nitrogen and oxygen atoms in total. The molecule has 0 aliphatic carbocycles. The number of aliphatic imine (C=N–C) groups is 1. The molecule has 8 heteroatoms. The Morgan fingerprint density at radius 2 is 1.69 bits per heavy atom. The number of amides is 1. The molecule has 0 spiro atoms. The van der Waals surface area contributed by atoms with Crippen LogP contribution in [0.3, 0.4) is 0 Å². The average molecular weight is 519 g/mol. The zero-order valence-electron chi connectivity index (χ0n) is 18.8. The number of rotatable bonds is 8. The number of nitrogens with zero attached hydrogens (tertiary/aromatic N) is 2. The Morgan fingerprint density at radius 3 is 2.24 bits per heavy atom. The highest BCUT2D eigenvalue weighted by Gasteiger charge is 2.15. The molecule has 0 aromatic heterocycles. The standard InChI is InChI=1S/C21H37N5O2.HI/c1-16(2)26(7)15-18-11-9-8-10-17(18)14-25-19(22-6)23-12-13-24-20(27)28-21(3,4)5;/h8-11,16H,12-15H2,1-7H3,(H,24,27)(H2,22,23,25);1H. The molecule has 29 heavy (non-hydrogen) atoms. The van der Waals surface area contributed by atoms with Crippen molar-refractivity contribution in [2.24, 2.45) is 4.99 Å². The van der Waals surface area contributed by atoms with Crippen molar-refractivity contribution in [2.75, 3.05) is 27.2 Å².